The van der Waals surface area contributed by atoms with Gasteiger partial charge in [-0.2, -0.15) is 0 Å². The Bertz CT molecular complexity index is 493. The third-order valence-corrected chi connectivity index (χ3v) is 4.06. The highest BCUT2D eigenvalue weighted by atomic mass is 79.9. The van der Waals surface area contributed by atoms with Crippen LogP contribution in [0.5, 0.6) is 0 Å². The number of nitrogen functional groups attached to an aromatic ring is 1. The van der Waals surface area contributed by atoms with Crippen molar-refractivity contribution in [1.82, 2.24) is 10.2 Å². The van der Waals surface area contributed by atoms with Gasteiger partial charge >= 0.3 is 6.03 Å². The van der Waals surface area contributed by atoms with Gasteiger partial charge in [0.2, 0.25) is 0 Å². The summed E-state index contributed by atoms with van der Waals surface area (Å²) < 4.78 is 0.986. The minimum Gasteiger partial charge on any atom is -0.397 e. The number of nitrogens with one attached hydrogen (secondary N) is 1. The van der Waals surface area contributed by atoms with Crippen molar-refractivity contribution in [2.24, 2.45) is 0 Å². The molecule has 18 heavy (non-hydrogen) atoms. The Labute approximate surface area is 114 Å². The zero-order chi connectivity index (χ0) is 12.7. The van der Waals surface area contributed by atoms with E-state index in [1.54, 1.807) is 0 Å². The van der Waals surface area contributed by atoms with Crippen LogP contribution >= 0.6 is 15.9 Å². The fourth-order valence-electron chi connectivity index (χ4n) is 2.64. The molecule has 1 atom stereocenters. The average Bonchev–Trinajstić information content (AvgIpc) is 2.71. The maximum atomic E-state index is 11.5. The van der Waals surface area contributed by atoms with Gasteiger partial charge in [-0.1, -0.05) is 15.9 Å². The van der Waals surface area contributed by atoms with E-state index in [2.05, 4.69) is 26.1 Å². The number of anilines is 2. The summed E-state index contributed by atoms with van der Waals surface area (Å²) in [4.78, 5) is 15.7. The van der Waals surface area contributed by atoms with E-state index >= 15 is 0 Å². The van der Waals surface area contributed by atoms with E-state index in [4.69, 9.17) is 5.73 Å². The minimum atomic E-state index is 0.0587. The number of fused-ring (bicyclic) bond motifs is 1. The number of amides is 2. The number of nitrogens with two attached hydrogens (primary N) is 1. The van der Waals surface area contributed by atoms with Gasteiger partial charge in [0.05, 0.1) is 17.4 Å². The molecule has 1 unspecified atom stereocenters. The standard InChI is InChI=1S/C12H15BrN4O/c13-8-1-2-11(10(14)5-8)16-3-4-17-9(7-16)6-15-12(17)18/h1-2,5,9H,3-4,6-7,14H2,(H,15,18). The van der Waals surface area contributed by atoms with Gasteiger partial charge in [-0.15, -0.1) is 0 Å². The van der Waals surface area contributed by atoms with Crippen molar-refractivity contribution in [1.29, 1.82) is 0 Å². The Kier molecular flexibility index (Phi) is 2.81. The third kappa shape index (κ3) is 1.90. The van der Waals surface area contributed by atoms with Crippen molar-refractivity contribution in [2.75, 3.05) is 36.8 Å². The quantitative estimate of drug-likeness (QED) is 0.767. The van der Waals surface area contributed by atoms with Crippen LogP contribution in [0.2, 0.25) is 0 Å². The molecule has 2 fully saturated rings. The molecule has 0 radical (unpaired) electrons. The number of benzene rings is 1. The normalized spacial score (nSPS) is 22.9. The van der Waals surface area contributed by atoms with Gasteiger partial charge in [0, 0.05) is 30.7 Å². The number of carbonyl (C=O) groups is 1. The highest BCUT2D eigenvalue weighted by molar-refractivity contribution is 9.10. The molecule has 1 aromatic rings. The van der Waals surface area contributed by atoms with Crippen molar-refractivity contribution < 1.29 is 4.79 Å². The van der Waals surface area contributed by atoms with Crippen LogP contribution < -0.4 is 16.0 Å². The second-order valence-corrected chi connectivity index (χ2v) is 5.60. The number of carbonyl (C=O) groups excluding carboxylic acids is 1. The molecule has 96 valence electrons. The fraction of sp³-hybridized carbons (Fsp3) is 0.417. The van der Waals surface area contributed by atoms with Crippen LogP contribution in [-0.4, -0.2) is 43.2 Å². The van der Waals surface area contributed by atoms with Gasteiger partial charge in [0.25, 0.3) is 0 Å². The van der Waals surface area contributed by atoms with Gasteiger partial charge in [0.15, 0.2) is 0 Å². The fourth-order valence-corrected chi connectivity index (χ4v) is 3.01. The first-order valence-corrected chi connectivity index (χ1v) is 6.79. The molecule has 0 aliphatic carbocycles. The molecule has 2 amide bonds. The van der Waals surface area contributed by atoms with Gasteiger partial charge in [0.1, 0.15) is 0 Å². The topological polar surface area (TPSA) is 61.6 Å². The zero-order valence-corrected chi connectivity index (χ0v) is 11.5. The molecule has 2 aliphatic rings. The zero-order valence-electron chi connectivity index (χ0n) is 9.90. The SMILES string of the molecule is Nc1cc(Br)ccc1N1CCN2C(=O)NCC2C1. The molecule has 5 nitrogen and oxygen atoms in total. The number of hydrogen-bond donors (Lipinski definition) is 2. The molecular weight excluding hydrogens is 296 g/mol. The molecule has 6 heteroatoms. The van der Waals surface area contributed by atoms with E-state index in [0.29, 0.717) is 0 Å². The lowest BCUT2D eigenvalue weighted by Gasteiger charge is -2.38. The van der Waals surface area contributed by atoms with E-state index in [-0.39, 0.29) is 12.1 Å². The van der Waals surface area contributed by atoms with Crippen LogP contribution in [0.3, 0.4) is 0 Å². The number of hydrogen-bond acceptors (Lipinski definition) is 3. The van der Waals surface area contributed by atoms with Gasteiger partial charge in [-0.3, -0.25) is 0 Å². The summed E-state index contributed by atoms with van der Waals surface area (Å²) in [5, 5.41) is 2.88. The largest absolute Gasteiger partial charge is 0.397 e. The molecule has 2 saturated heterocycles. The number of rotatable bonds is 1. The number of halogens is 1. The molecule has 1 aromatic carbocycles. The first-order valence-electron chi connectivity index (χ1n) is 5.99. The van der Waals surface area contributed by atoms with Crippen molar-refractivity contribution in [3.05, 3.63) is 22.7 Å². The summed E-state index contributed by atoms with van der Waals surface area (Å²) in [5.41, 5.74) is 7.88. The first-order chi connectivity index (χ1) is 8.65. The summed E-state index contributed by atoms with van der Waals surface area (Å²) in [5.74, 6) is 0. The summed E-state index contributed by atoms with van der Waals surface area (Å²) in [6, 6.07) is 6.26. The van der Waals surface area contributed by atoms with Gasteiger partial charge < -0.3 is 20.9 Å². The average molecular weight is 311 g/mol. The van der Waals surface area contributed by atoms with Crippen LogP contribution in [0.1, 0.15) is 0 Å². The Balaban J connectivity index is 1.80. The van der Waals surface area contributed by atoms with Crippen LogP contribution in [-0.2, 0) is 0 Å². The van der Waals surface area contributed by atoms with E-state index in [1.165, 1.54) is 0 Å². The van der Waals surface area contributed by atoms with Crippen LogP contribution in [0.4, 0.5) is 16.2 Å². The van der Waals surface area contributed by atoms with Crippen molar-refractivity contribution >= 4 is 33.3 Å². The molecule has 0 saturated carbocycles. The Morgan fingerprint density at radius 1 is 1.39 bits per heavy atom. The predicted molar refractivity (Wildman–Crippen MR) is 74.7 cm³/mol. The Morgan fingerprint density at radius 2 is 2.22 bits per heavy atom. The number of urea groups is 1. The van der Waals surface area contributed by atoms with E-state index in [0.717, 1.165) is 42.0 Å². The van der Waals surface area contributed by atoms with Gasteiger partial charge in [-0.25, -0.2) is 4.79 Å². The maximum absolute atomic E-state index is 11.5. The molecule has 0 spiro atoms. The second-order valence-electron chi connectivity index (χ2n) is 4.68. The van der Waals surface area contributed by atoms with E-state index in [1.807, 2.05) is 23.1 Å². The number of nitrogens with zero attached hydrogens (tertiary/aromatic N) is 2. The molecule has 0 bridgehead atoms. The smallest absolute Gasteiger partial charge is 0.317 e. The predicted octanol–water partition coefficient (Wildman–Crippen LogP) is 1.25. The Hall–Kier alpha value is -1.43. The molecule has 0 aromatic heterocycles. The summed E-state index contributed by atoms with van der Waals surface area (Å²) in [6.45, 7) is 3.15. The lowest BCUT2D eigenvalue weighted by molar-refractivity contribution is 0.198. The molecular formula is C12H15BrN4O. The van der Waals surface area contributed by atoms with Crippen molar-refractivity contribution in [3.63, 3.8) is 0 Å². The van der Waals surface area contributed by atoms with Crippen molar-refractivity contribution in [2.45, 2.75) is 6.04 Å². The molecule has 2 heterocycles. The molecule has 2 aliphatic heterocycles. The van der Waals surface area contributed by atoms with E-state index in [9.17, 15) is 4.79 Å². The summed E-state index contributed by atoms with van der Waals surface area (Å²) in [6.07, 6.45) is 0. The number of piperazine rings is 1. The highest BCUT2D eigenvalue weighted by Crippen LogP contribution is 2.29. The monoisotopic (exact) mass is 310 g/mol. The first kappa shape index (κ1) is 11.6. The Morgan fingerprint density at radius 3 is 3.00 bits per heavy atom. The lowest BCUT2D eigenvalue weighted by atomic mass is 10.1. The molecule has 3 N–H and O–H groups in total. The third-order valence-electron chi connectivity index (χ3n) is 3.56. The van der Waals surface area contributed by atoms with Gasteiger partial charge in [-0.05, 0) is 18.2 Å². The van der Waals surface area contributed by atoms with Crippen molar-refractivity contribution in [3.8, 4) is 0 Å². The maximum Gasteiger partial charge on any atom is 0.317 e. The summed E-state index contributed by atoms with van der Waals surface area (Å²) >= 11 is 3.41. The molecule has 3 rings (SSSR count). The second kappa shape index (κ2) is 4.35. The highest BCUT2D eigenvalue weighted by Gasteiger charge is 2.35. The van der Waals surface area contributed by atoms with Crippen LogP contribution in [0, 0.1) is 0 Å². The summed E-state index contributed by atoms with van der Waals surface area (Å²) in [7, 11) is 0. The lowest BCUT2D eigenvalue weighted by Crippen LogP contribution is -2.52. The van der Waals surface area contributed by atoms with Crippen LogP contribution in [0.25, 0.3) is 0 Å². The van der Waals surface area contributed by atoms with E-state index < -0.39 is 0 Å². The minimum absolute atomic E-state index is 0.0587. The van der Waals surface area contributed by atoms with Crippen LogP contribution in [0.15, 0.2) is 22.7 Å².